The first-order valence-electron chi connectivity index (χ1n) is 14.3. The average Bonchev–Trinajstić information content (AvgIpc) is 3.80. The van der Waals surface area contributed by atoms with Gasteiger partial charge in [0.1, 0.15) is 17.1 Å². The standard InChI is InChI=1S/C33H25N9O3/c1-18-12-28(41-11-3-10-37-41)38-32-29(18)39-31(23-4-2-9-35-30(23)34)42(32)21-6-7-22-19(13-21)5-8-26(22)40-17-36-25-15-27(44)20(16-43)14-24(25)33(40)45/h2-4,6-7,9-17,26,44H,5,8H2,1H3,(H2,34,35)/t26-/m0/s1. The van der Waals surface area contributed by atoms with Crippen molar-refractivity contribution in [1.82, 2.24) is 38.9 Å². The van der Waals surface area contributed by atoms with E-state index in [-0.39, 0.29) is 28.3 Å². The minimum absolute atomic E-state index is 0.0489. The summed E-state index contributed by atoms with van der Waals surface area (Å²) in [5.41, 5.74) is 12.4. The van der Waals surface area contributed by atoms with Gasteiger partial charge in [-0.05, 0) is 78.9 Å². The highest BCUT2D eigenvalue weighted by Gasteiger charge is 2.28. The van der Waals surface area contributed by atoms with Gasteiger partial charge in [-0.25, -0.2) is 24.6 Å². The van der Waals surface area contributed by atoms with E-state index in [0.717, 1.165) is 34.3 Å². The summed E-state index contributed by atoms with van der Waals surface area (Å²) in [5, 5.41) is 14.7. The number of nitrogens with two attached hydrogens (primary N) is 1. The lowest BCUT2D eigenvalue weighted by Crippen LogP contribution is -2.25. The van der Waals surface area contributed by atoms with Gasteiger partial charge in [0.15, 0.2) is 23.6 Å². The smallest absolute Gasteiger partial charge is 0.261 e. The Labute approximate surface area is 255 Å². The van der Waals surface area contributed by atoms with E-state index in [1.807, 2.05) is 54.1 Å². The number of aryl methyl sites for hydroxylation is 2. The summed E-state index contributed by atoms with van der Waals surface area (Å²) < 4.78 is 5.31. The fourth-order valence-corrected chi connectivity index (χ4v) is 6.25. The molecule has 5 aromatic heterocycles. The predicted octanol–water partition coefficient (Wildman–Crippen LogP) is 4.32. The lowest BCUT2D eigenvalue weighted by atomic mass is 10.1. The van der Waals surface area contributed by atoms with Crippen molar-refractivity contribution in [3.05, 3.63) is 112 Å². The molecule has 0 saturated heterocycles. The molecule has 1 aliphatic carbocycles. The van der Waals surface area contributed by atoms with Crippen molar-refractivity contribution in [3.63, 3.8) is 0 Å². The first-order valence-corrected chi connectivity index (χ1v) is 14.3. The molecule has 7 aromatic rings. The minimum Gasteiger partial charge on any atom is -0.507 e. The van der Waals surface area contributed by atoms with Crippen molar-refractivity contribution >= 4 is 34.2 Å². The molecule has 0 aliphatic heterocycles. The number of phenols is 1. The van der Waals surface area contributed by atoms with E-state index in [1.54, 1.807) is 21.6 Å². The number of rotatable bonds is 5. The third kappa shape index (κ3) is 4.10. The van der Waals surface area contributed by atoms with Gasteiger partial charge in [0.05, 0.1) is 34.4 Å². The number of imidazole rings is 1. The monoisotopic (exact) mass is 595 g/mol. The fourth-order valence-electron chi connectivity index (χ4n) is 6.25. The van der Waals surface area contributed by atoms with Gasteiger partial charge in [-0.15, -0.1) is 0 Å². The van der Waals surface area contributed by atoms with Gasteiger partial charge in [0.25, 0.3) is 5.56 Å². The van der Waals surface area contributed by atoms with Gasteiger partial charge in [-0.3, -0.25) is 18.7 Å². The molecule has 1 aliphatic rings. The third-order valence-corrected chi connectivity index (χ3v) is 8.44. The molecule has 12 heteroatoms. The van der Waals surface area contributed by atoms with Crippen LogP contribution >= 0.6 is 0 Å². The summed E-state index contributed by atoms with van der Waals surface area (Å²) in [6.07, 6.45) is 8.66. The zero-order valence-corrected chi connectivity index (χ0v) is 24.0. The molecule has 8 rings (SSSR count). The van der Waals surface area contributed by atoms with Crippen LogP contribution in [0.25, 0.3) is 45.0 Å². The number of hydrogen-bond acceptors (Lipinski definition) is 9. The van der Waals surface area contributed by atoms with Gasteiger partial charge >= 0.3 is 0 Å². The second-order valence-electron chi connectivity index (χ2n) is 11.1. The zero-order valence-electron chi connectivity index (χ0n) is 24.0. The second kappa shape index (κ2) is 9.95. The normalized spacial score (nSPS) is 14.3. The molecular weight excluding hydrogens is 570 g/mol. The number of aldehydes is 1. The number of phenolic OH excluding ortho intramolecular Hbond substituents is 1. The van der Waals surface area contributed by atoms with E-state index >= 15 is 0 Å². The number of benzene rings is 2. The zero-order chi connectivity index (χ0) is 30.8. The van der Waals surface area contributed by atoms with Crippen LogP contribution in [0.3, 0.4) is 0 Å². The molecule has 0 spiro atoms. The summed E-state index contributed by atoms with van der Waals surface area (Å²) in [6, 6.07) is 16.1. The SMILES string of the molecule is Cc1cc(-n2cccn2)nc2c1nc(-c1cccnc1N)n2-c1ccc2c(c1)CC[C@@H]2n1cnc2cc(O)c(C=O)cc2c1=O. The Kier molecular flexibility index (Phi) is 5.85. The predicted molar refractivity (Wildman–Crippen MR) is 168 cm³/mol. The van der Waals surface area contributed by atoms with Crippen molar-refractivity contribution in [3.8, 4) is 28.6 Å². The van der Waals surface area contributed by atoms with Crippen LogP contribution in [-0.4, -0.2) is 50.2 Å². The highest BCUT2D eigenvalue weighted by Crippen LogP contribution is 2.38. The van der Waals surface area contributed by atoms with Gasteiger partial charge in [0, 0.05) is 30.3 Å². The maximum Gasteiger partial charge on any atom is 0.261 e. The number of hydrogen-bond donors (Lipinski definition) is 2. The van der Waals surface area contributed by atoms with Gasteiger partial charge in [0.2, 0.25) is 0 Å². The Bertz CT molecular complexity index is 2370. The van der Waals surface area contributed by atoms with Crippen LogP contribution in [0.15, 0.2) is 84.3 Å². The summed E-state index contributed by atoms with van der Waals surface area (Å²) in [5.74, 6) is 1.42. The number of aromatic hydroxyl groups is 1. The molecule has 12 nitrogen and oxygen atoms in total. The number of carbonyl (C=O) groups is 1. The largest absolute Gasteiger partial charge is 0.507 e. The highest BCUT2D eigenvalue weighted by atomic mass is 16.3. The number of anilines is 1. The summed E-state index contributed by atoms with van der Waals surface area (Å²) in [7, 11) is 0. The molecule has 0 bridgehead atoms. The number of aromatic nitrogens is 8. The topological polar surface area (TPSA) is 160 Å². The summed E-state index contributed by atoms with van der Waals surface area (Å²) in [6.45, 7) is 1.99. The van der Waals surface area contributed by atoms with Crippen molar-refractivity contribution in [2.75, 3.05) is 5.73 Å². The van der Waals surface area contributed by atoms with E-state index in [4.69, 9.17) is 15.7 Å². The lowest BCUT2D eigenvalue weighted by molar-refractivity contribution is 0.112. The Morgan fingerprint density at radius 3 is 2.73 bits per heavy atom. The van der Waals surface area contributed by atoms with E-state index in [2.05, 4.69) is 21.1 Å². The van der Waals surface area contributed by atoms with Crippen molar-refractivity contribution in [1.29, 1.82) is 0 Å². The Balaban J connectivity index is 1.29. The van der Waals surface area contributed by atoms with E-state index in [9.17, 15) is 14.7 Å². The Morgan fingerprint density at radius 1 is 1.04 bits per heavy atom. The number of nitrogen functional groups attached to an aromatic ring is 1. The van der Waals surface area contributed by atoms with E-state index < -0.39 is 0 Å². The molecule has 0 fully saturated rings. The summed E-state index contributed by atoms with van der Waals surface area (Å²) >= 11 is 0. The molecule has 3 N–H and O–H groups in total. The Hall–Kier alpha value is -6.17. The highest BCUT2D eigenvalue weighted by molar-refractivity contribution is 5.90. The molecule has 0 radical (unpaired) electrons. The molecule has 5 heterocycles. The van der Waals surface area contributed by atoms with E-state index in [0.29, 0.717) is 46.9 Å². The van der Waals surface area contributed by atoms with Crippen molar-refractivity contribution in [2.24, 2.45) is 0 Å². The number of carbonyl (C=O) groups excluding carboxylic acids is 1. The molecule has 45 heavy (non-hydrogen) atoms. The maximum absolute atomic E-state index is 13.6. The molecular formula is C33H25N9O3. The molecule has 220 valence electrons. The van der Waals surface area contributed by atoms with Crippen LogP contribution in [-0.2, 0) is 6.42 Å². The minimum atomic E-state index is -0.272. The van der Waals surface area contributed by atoms with Crippen molar-refractivity contribution in [2.45, 2.75) is 25.8 Å². The van der Waals surface area contributed by atoms with Crippen LogP contribution in [0.4, 0.5) is 5.82 Å². The first-order chi connectivity index (χ1) is 21.9. The molecule has 1 atom stereocenters. The third-order valence-electron chi connectivity index (χ3n) is 8.44. The van der Waals surface area contributed by atoms with Crippen LogP contribution in [0.2, 0.25) is 0 Å². The number of nitrogens with zero attached hydrogens (tertiary/aromatic N) is 8. The first kappa shape index (κ1) is 26.5. The molecule has 0 saturated carbocycles. The summed E-state index contributed by atoms with van der Waals surface area (Å²) in [4.78, 5) is 43.7. The number of pyridine rings is 2. The quantitative estimate of drug-likeness (QED) is 0.276. The van der Waals surface area contributed by atoms with Gasteiger partial charge < -0.3 is 10.8 Å². The molecule has 2 aromatic carbocycles. The van der Waals surface area contributed by atoms with E-state index in [1.165, 1.54) is 18.5 Å². The van der Waals surface area contributed by atoms with Crippen LogP contribution in [0, 0.1) is 6.92 Å². The Morgan fingerprint density at radius 2 is 1.93 bits per heavy atom. The molecule has 0 unspecified atom stereocenters. The van der Waals surface area contributed by atoms with Crippen LogP contribution in [0.5, 0.6) is 5.75 Å². The maximum atomic E-state index is 13.6. The second-order valence-corrected chi connectivity index (χ2v) is 11.1. The van der Waals surface area contributed by atoms with Gasteiger partial charge in [-0.1, -0.05) is 6.07 Å². The number of fused-ring (bicyclic) bond motifs is 3. The van der Waals surface area contributed by atoms with Crippen LogP contribution < -0.4 is 11.3 Å². The van der Waals surface area contributed by atoms with Crippen LogP contribution in [0.1, 0.15) is 39.5 Å². The lowest BCUT2D eigenvalue weighted by Gasteiger charge is -2.17. The fraction of sp³-hybridized carbons (Fsp3) is 0.121. The molecule has 0 amide bonds. The average molecular weight is 596 g/mol. The van der Waals surface area contributed by atoms with Crippen molar-refractivity contribution < 1.29 is 9.90 Å². The van der Waals surface area contributed by atoms with Gasteiger partial charge in [-0.2, -0.15) is 5.10 Å².